The first kappa shape index (κ1) is 17.3. The molecule has 2 amide bonds. The van der Waals surface area contributed by atoms with E-state index in [1.54, 1.807) is 31.2 Å². The van der Waals surface area contributed by atoms with Crippen LogP contribution in [0.1, 0.15) is 25.5 Å². The van der Waals surface area contributed by atoms with Crippen LogP contribution < -0.4 is 10.6 Å². The lowest BCUT2D eigenvalue weighted by atomic mass is 9.96. The molecule has 6 nitrogen and oxygen atoms in total. The predicted molar refractivity (Wildman–Crippen MR) is 86.0 cm³/mol. The fourth-order valence-corrected chi connectivity index (χ4v) is 2.51. The first-order chi connectivity index (χ1) is 11.0. The molecule has 1 aliphatic heterocycles. The number of benzene rings is 1. The Kier molecular flexibility index (Phi) is 6.01. The van der Waals surface area contributed by atoms with Gasteiger partial charge < -0.3 is 20.1 Å². The van der Waals surface area contributed by atoms with Crippen LogP contribution >= 0.6 is 11.6 Å². The zero-order chi connectivity index (χ0) is 16.8. The number of esters is 1. The highest BCUT2D eigenvalue weighted by Crippen LogP contribution is 2.28. The Labute approximate surface area is 139 Å². The molecule has 0 bridgehead atoms. The van der Waals surface area contributed by atoms with E-state index in [1.807, 2.05) is 6.92 Å². The van der Waals surface area contributed by atoms with E-state index >= 15 is 0 Å². The molecule has 124 valence electrons. The fraction of sp³-hybridized carbons (Fsp3) is 0.375. The normalized spacial score (nSPS) is 17.5. The summed E-state index contributed by atoms with van der Waals surface area (Å²) in [4.78, 5) is 24.1. The van der Waals surface area contributed by atoms with Gasteiger partial charge in [-0.2, -0.15) is 0 Å². The average Bonchev–Trinajstić information content (AvgIpc) is 2.50. The molecule has 0 aromatic heterocycles. The minimum absolute atomic E-state index is 0.152. The minimum Gasteiger partial charge on any atom is -0.460 e. The molecule has 1 unspecified atom stereocenters. The van der Waals surface area contributed by atoms with Crippen molar-refractivity contribution in [1.82, 2.24) is 10.6 Å². The van der Waals surface area contributed by atoms with Crippen LogP contribution in [0.5, 0.6) is 0 Å². The Hall–Kier alpha value is -2.05. The van der Waals surface area contributed by atoms with Gasteiger partial charge in [0.2, 0.25) is 0 Å². The molecular formula is C16H19ClN2O4. The monoisotopic (exact) mass is 338 g/mol. The van der Waals surface area contributed by atoms with Crippen molar-refractivity contribution >= 4 is 23.6 Å². The van der Waals surface area contributed by atoms with Crippen molar-refractivity contribution in [1.29, 1.82) is 0 Å². The van der Waals surface area contributed by atoms with E-state index in [0.29, 0.717) is 35.1 Å². The lowest BCUT2D eigenvalue weighted by Crippen LogP contribution is -2.45. The second-order valence-corrected chi connectivity index (χ2v) is 5.39. The van der Waals surface area contributed by atoms with E-state index in [-0.39, 0.29) is 12.6 Å². The van der Waals surface area contributed by atoms with Crippen LogP contribution in [0.25, 0.3) is 0 Å². The van der Waals surface area contributed by atoms with E-state index in [4.69, 9.17) is 21.1 Å². The van der Waals surface area contributed by atoms with Gasteiger partial charge >= 0.3 is 12.0 Å². The van der Waals surface area contributed by atoms with E-state index in [0.717, 1.165) is 0 Å². The highest BCUT2D eigenvalue weighted by molar-refractivity contribution is 6.30. The number of allylic oxidation sites excluding steroid dienone is 1. The lowest BCUT2D eigenvalue weighted by molar-refractivity contribution is -0.141. The Bertz CT molecular complexity index is 630. The standard InChI is InChI=1S/C16H19ClN2O4/c1-3-22-7-8-23-15(20)13-10(2)18-16(21)19-14(13)11-5-4-6-12(17)9-11/h4-6,9,14H,3,7-8H2,1-2H3,(H2,18,19,21). The molecule has 0 saturated carbocycles. The maximum atomic E-state index is 12.4. The van der Waals surface area contributed by atoms with Gasteiger partial charge in [0.15, 0.2) is 0 Å². The maximum Gasteiger partial charge on any atom is 0.338 e. The molecule has 0 spiro atoms. The summed E-state index contributed by atoms with van der Waals surface area (Å²) < 4.78 is 10.4. The zero-order valence-electron chi connectivity index (χ0n) is 13.0. The average molecular weight is 339 g/mol. The number of amides is 2. The van der Waals surface area contributed by atoms with Crippen LogP contribution in [-0.4, -0.2) is 31.8 Å². The zero-order valence-corrected chi connectivity index (χ0v) is 13.8. The number of rotatable bonds is 6. The van der Waals surface area contributed by atoms with Crippen LogP contribution in [0, 0.1) is 0 Å². The Morgan fingerprint density at radius 2 is 2.13 bits per heavy atom. The molecular weight excluding hydrogens is 320 g/mol. The van der Waals surface area contributed by atoms with Crippen molar-refractivity contribution in [2.75, 3.05) is 19.8 Å². The quantitative estimate of drug-likeness (QED) is 0.617. The number of urea groups is 1. The number of hydrogen-bond donors (Lipinski definition) is 2. The molecule has 23 heavy (non-hydrogen) atoms. The van der Waals surface area contributed by atoms with Gasteiger partial charge in [-0.3, -0.25) is 0 Å². The second kappa shape index (κ2) is 7.99. The molecule has 1 aromatic rings. The van der Waals surface area contributed by atoms with Crippen molar-refractivity contribution in [3.8, 4) is 0 Å². The van der Waals surface area contributed by atoms with Gasteiger partial charge in [-0.1, -0.05) is 23.7 Å². The van der Waals surface area contributed by atoms with Crippen LogP contribution in [-0.2, 0) is 14.3 Å². The van der Waals surface area contributed by atoms with Crippen LogP contribution in [0.15, 0.2) is 35.5 Å². The number of hydrogen-bond acceptors (Lipinski definition) is 4. The summed E-state index contributed by atoms with van der Waals surface area (Å²) >= 11 is 6.01. The van der Waals surface area contributed by atoms with Crippen molar-refractivity contribution in [2.24, 2.45) is 0 Å². The van der Waals surface area contributed by atoms with Crippen molar-refractivity contribution in [3.63, 3.8) is 0 Å². The van der Waals surface area contributed by atoms with Gasteiger partial charge in [-0.15, -0.1) is 0 Å². The van der Waals surface area contributed by atoms with Crippen molar-refractivity contribution in [2.45, 2.75) is 19.9 Å². The molecule has 7 heteroatoms. The topological polar surface area (TPSA) is 76.7 Å². The number of ether oxygens (including phenoxy) is 2. The summed E-state index contributed by atoms with van der Waals surface area (Å²) in [6.07, 6.45) is 0. The summed E-state index contributed by atoms with van der Waals surface area (Å²) in [6.45, 7) is 4.57. The van der Waals surface area contributed by atoms with E-state index < -0.39 is 12.0 Å². The lowest BCUT2D eigenvalue weighted by Gasteiger charge is -2.28. The fourth-order valence-electron chi connectivity index (χ4n) is 2.32. The molecule has 0 saturated heterocycles. The summed E-state index contributed by atoms with van der Waals surface area (Å²) in [5.74, 6) is -0.500. The molecule has 1 aliphatic rings. The maximum absolute atomic E-state index is 12.4. The van der Waals surface area contributed by atoms with Gasteiger partial charge in [0, 0.05) is 17.3 Å². The molecule has 1 aromatic carbocycles. The number of halogens is 1. The van der Waals surface area contributed by atoms with Gasteiger partial charge in [-0.25, -0.2) is 9.59 Å². The highest BCUT2D eigenvalue weighted by Gasteiger charge is 2.32. The van der Waals surface area contributed by atoms with Crippen LogP contribution in [0.3, 0.4) is 0 Å². The van der Waals surface area contributed by atoms with Crippen molar-refractivity contribution < 1.29 is 19.1 Å². The largest absolute Gasteiger partial charge is 0.460 e. The second-order valence-electron chi connectivity index (χ2n) is 4.96. The minimum atomic E-state index is -0.609. The predicted octanol–water partition coefficient (Wildman–Crippen LogP) is 2.55. The van der Waals surface area contributed by atoms with E-state index in [1.165, 1.54) is 0 Å². The Morgan fingerprint density at radius 1 is 1.35 bits per heavy atom. The molecule has 2 rings (SSSR count). The van der Waals surface area contributed by atoms with Crippen LogP contribution in [0.2, 0.25) is 5.02 Å². The summed E-state index contributed by atoms with van der Waals surface area (Å²) in [5, 5.41) is 5.84. The van der Waals surface area contributed by atoms with E-state index in [2.05, 4.69) is 10.6 Å². The van der Waals surface area contributed by atoms with E-state index in [9.17, 15) is 9.59 Å². The van der Waals surface area contributed by atoms with Gasteiger partial charge in [0.05, 0.1) is 18.2 Å². The number of nitrogens with one attached hydrogen (secondary N) is 2. The smallest absolute Gasteiger partial charge is 0.338 e. The third-order valence-electron chi connectivity index (χ3n) is 3.34. The third-order valence-corrected chi connectivity index (χ3v) is 3.57. The summed E-state index contributed by atoms with van der Waals surface area (Å²) in [6, 6.07) is 6.01. The number of carbonyl (C=O) groups excluding carboxylic acids is 2. The first-order valence-corrected chi connectivity index (χ1v) is 7.69. The van der Waals surface area contributed by atoms with Gasteiger partial charge in [-0.05, 0) is 31.5 Å². The molecule has 0 fully saturated rings. The molecule has 2 N–H and O–H groups in total. The Morgan fingerprint density at radius 3 is 2.83 bits per heavy atom. The number of carbonyl (C=O) groups is 2. The van der Waals surface area contributed by atoms with Gasteiger partial charge in [0.1, 0.15) is 6.61 Å². The SMILES string of the molecule is CCOCCOC(=O)C1=C(C)NC(=O)NC1c1cccc(Cl)c1. The van der Waals surface area contributed by atoms with Gasteiger partial charge in [0.25, 0.3) is 0 Å². The molecule has 0 aliphatic carbocycles. The van der Waals surface area contributed by atoms with Crippen LogP contribution in [0.4, 0.5) is 4.79 Å². The third kappa shape index (κ3) is 4.46. The first-order valence-electron chi connectivity index (χ1n) is 7.31. The Balaban J connectivity index is 2.22. The molecule has 1 atom stereocenters. The summed E-state index contributed by atoms with van der Waals surface area (Å²) in [5.41, 5.74) is 1.52. The highest BCUT2D eigenvalue weighted by atomic mass is 35.5. The van der Waals surface area contributed by atoms with Crippen molar-refractivity contribution in [3.05, 3.63) is 46.1 Å². The molecule has 1 heterocycles. The molecule has 0 radical (unpaired) electrons. The summed E-state index contributed by atoms with van der Waals surface area (Å²) in [7, 11) is 0.